The minimum absolute atomic E-state index is 0.0446. The highest BCUT2D eigenvalue weighted by atomic mass is 35.5. The number of aromatic nitrogens is 1. The zero-order valence-electron chi connectivity index (χ0n) is 17.3. The molecular formula is C22H21ClFN3O3S2. The number of benzene rings is 2. The summed E-state index contributed by atoms with van der Waals surface area (Å²) >= 11 is 7.38. The number of thiazole rings is 1. The lowest BCUT2D eigenvalue weighted by Crippen LogP contribution is -2.37. The highest BCUT2D eigenvalue weighted by Gasteiger charge is 2.30. The van der Waals surface area contributed by atoms with Crippen LogP contribution in [0.5, 0.6) is 0 Å². The first-order valence-electron chi connectivity index (χ1n) is 10.0. The molecule has 1 saturated heterocycles. The van der Waals surface area contributed by atoms with Crippen LogP contribution in [0.25, 0.3) is 10.6 Å². The molecular weight excluding hydrogens is 473 g/mol. The Morgan fingerprint density at radius 3 is 2.56 bits per heavy atom. The minimum Gasteiger partial charge on any atom is -0.337 e. The van der Waals surface area contributed by atoms with Gasteiger partial charge >= 0.3 is 0 Å². The second-order valence-electron chi connectivity index (χ2n) is 7.45. The molecule has 0 saturated carbocycles. The Hall–Kier alpha value is -2.33. The summed E-state index contributed by atoms with van der Waals surface area (Å²) in [6, 6.07) is 12.1. The van der Waals surface area contributed by atoms with Gasteiger partial charge in [-0.25, -0.2) is 17.8 Å². The Morgan fingerprint density at radius 2 is 1.84 bits per heavy atom. The number of sulfonamides is 1. The molecule has 2 heterocycles. The number of halogens is 2. The zero-order chi connectivity index (χ0) is 22.9. The van der Waals surface area contributed by atoms with E-state index in [9.17, 15) is 17.6 Å². The molecule has 6 nitrogen and oxygen atoms in total. The molecule has 0 unspecified atom stereocenters. The van der Waals surface area contributed by atoms with Crippen molar-refractivity contribution in [1.29, 1.82) is 0 Å². The molecule has 1 aliphatic rings. The minimum atomic E-state index is -3.75. The normalized spacial score (nSPS) is 15.5. The van der Waals surface area contributed by atoms with Crippen molar-refractivity contribution < 1.29 is 17.6 Å². The van der Waals surface area contributed by atoms with Gasteiger partial charge in [-0.3, -0.25) is 4.79 Å². The van der Waals surface area contributed by atoms with Gasteiger partial charge in [-0.15, -0.1) is 11.3 Å². The molecule has 4 rings (SSSR count). The molecule has 10 heteroatoms. The smallest absolute Gasteiger partial charge is 0.265 e. The fourth-order valence-corrected chi connectivity index (χ4v) is 6.27. The van der Waals surface area contributed by atoms with Gasteiger partial charge in [0.1, 0.15) is 15.7 Å². The molecule has 1 aromatic heterocycles. The first kappa shape index (κ1) is 22.8. The molecule has 0 aliphatic carbocycles. The fraction of sp³-hybridized carbons (Fsp3) is 0.273. The van der Waals surface area contributed by atoms with E-state index in [1.54, 1.807) is 24.0 Å². The van der Waals surface area contributed by atoms with E-state index in [4.69, 9.17) is 11.6 Å². The van der Waals surface area contributed by atoms with Crippen LogP contribution >= 0.6 is 22.9 Å². The molecule has 0 atom stereocenters. The quantitative estimate of drug-likeness (QED) is 0.538. The van der Waals surface area contributed by atoms with Crippen LogP contribution in [0.15, 0.2) is 53.4 Å². The second-order valence-corrected chi connectivity index (χ2v) is 10.8. The third-order valence-corrected chi connectivity index (χ3v) is 8.60. The Labute approximate surface area is 195 Å². The highest BCUT2D eigenvalue weighted by molar-refractivity contribution is 7.89. The predicted octanol–water partition coefficient (Wildman–Crippen LogP) is 4.45. The number of hydrogen-bond acceptors (Lipinski definition) is 5. The van der Waals surface area contributed by atoms with Gasteiger partial charge in [0.25, 0.3) is 5.91 Å². The Kier molecular flexibility index (Phi) is 6.62. The number of aryl methyl sites for hydroxylation is 1. The summed E-state index contributed by atoms with van der Waals surface area (Å²) < 4.78 is 40.4. The van der Waals surface area contributed by atoms with E-state index in [0.717, 1.165) is 17.7 Å². The van der Waals surface area contributed by atoms with Crippen LogP contribution in [0.3, 0.4) is 0 Å². The molecule has 1 fully saturated rings. The summed E-state index contributed by atoms with van der Waals surface area (Å²) in [6.45, 7) is 2.96. The topological polar surface area (TPSA) is 70.6 Å². The summed E-state index contributed by atoms with van der Waals surface area (Å²) in [6.07, 6.45) is 0.505. The van der Waals surface area contributed by atoms with Gasteiger partial charge in [-0.2, -0.15) is 4.31 Å². The SMILES string of the molecule is Cc1nc(-c2cccc(Cl)c2)sc1C(=O)N1CCCN(S(=O)(=O)c2ccc(F)cc2)CC1. The largest absolute Gasteiger partial charge is 0.337 e. The fourth-order valence-electron chi connectivity index (χ4n) is 3.58. The monoisotopic (exact) mass is 493 g/mol. The van der Waals surface area contributed by atoms with Crippen molar-refractivity contribution in [2.75, 3.05) is 26.2 Å². The van der Waals surface area contributed by atoms with Crippen molar-refractivity contribution in [3.05, 3.63) is 69.9 Å². The molecule has 2 aromatic carbocycles. The lowest BCUT2D eigenvalue weighted by molar-refractivity contribution is 0.0768. The number of hydrogen-bond donors (Lipinski definition) is 0. The molecule has 32 heavy (non-hydrogen) atoms. The van der Waals surface area contributed by atoms with Crippen molar-refractivity contribution in [1.82, 2.24) is 14.2 Å². The average Bonchev–Trinajstić information content (AvgIpc) is 2.98. The summed E-state index contributed by atoms with van der Waals surface area (Å²) in [5.74, 6) is -0.650. The van der Waals surface area contributed by atoms with Crippen LogP contribution < -0.4 is 0 Å². The van der Waals surface area contributed by atoms with E-state index in [1.807, 2.05) is 12.1 Å². The Bertz CT molecular complexity index is 1250. The maximum atomic E-state index is 13.2. The third kappa shape index (κ3) is 4.71. The van der Waals surface area contributed by atoms with Crippen molar-refractivity contribution in [2.45, 2.75) is 18.2 Å². The van der Waals surface area contributed by atoms with E-state index in [0.29, 0.717) is 40.1 Å². The van der Waals surface area contributed by atoms with E-state index in [2.05, 4.69) is 4.98 Å². The first-order chi connectivity index (χ1) is 15.3. The Morgan fingerprint density at radius 1 is 1.09 bits per heavy atom. The van der Waals surface area contributed by atoms with Gasteiger partial charge in [0, 0.05) is 36.8 Å². The van der Waals surface area contributed by atoms with Crippen molar-refractivity contribution in [3.63, 3.8) is 0 Å². The van der Waals surface area contributed by atoms with Crippen LogP contribution in [0.4, 0.5) is 4.39 Å². The maximum absolute atomic E-state index is 13.2. The van der Waals surface area contributed by atoms with E-state index >= 15 is 0 Å². The van der Waals surface area contributed by atoms with Crippen molar-refractivity contribution in [3.8, 4) is 10.6 Å². The molecule has 0 N–H and O–H groups in total. The lowest BCUT2D eigenvalue weighted by atomic mass is 10.2. The Balaban J connectivity index is 1.50. The summed E-state index contributed by atoms with van der Waals surface area (Å²) in [4.78, 5) is 20.0. The number of carbonyl (C=O) groups excluding carboxylic acids is 1. The zero-order valence-corrected chi connectivity index (χ0v) is 19.7. The number of amides is 1. The molecule has 168 valence electrons. The number of nitrogens with zero attached hydrogens (tertiary/aromatic N) is 3. The highest BCUT2D eigenvalue weighted by Crippen LogP contribution is 2.30. The van der Waals surface area contributed by atoms with E-state index < -0.39 is 15.8 Å². The van der Waals surface area contributed by atoms with Gasteiger partial charge in [-0.05, 0) is 49.7 Å². The number of rotatable bonds is 4. The van der Waals surface area contributed by atoms with E-state index in [1.165, 1.54) is 27.8 Å². The molecule has 1 amide bonds. The molecule has 1 aliphatic heterocycles. The van der Waals surface area contributed by atoms with Gasteiger partial charge in [0.05, 0.1) is 10.6 Å². The van der Waals surface area contributed by atoms with Gasteiger partial charge in [0.15, 0.2) is 0 Å². The second kappa shape index (κ2) is 9.27. The van der Waals surface area contributed by atoms with Gasteiger partial charge in [0.2, 0.25) is 10.0 Å². The average molecular weight is 494 g/mol. The summed E-state index contributed by atoms with van der Waals surface area (Å²) in [7, 11) is -3.75. The van der Waals surface area contributed by atoms with Gasteiger partial charge in [-0.1, -0.05) is 23.7 Å². The molecule has 3 aromatic rings. The first-order valence-corrected chi connectivity index (χ1v) is 12.7. The van der Waals surface area contributed by atoms with Crippen LogP contribution in [0.1, 0.15) is 21.8 Å². The summed E-state index contributed by atoms with van der Waals surface area (Å²) in [5.41, 5.74) is 1.48. The van der Waals surface area contributed by atoms with Crippen molar-refractivity contribution >= 4 is 38.9 Å². The van der Waals surface area contributed by atoms with Crippen LogP contribution in [0.2, 0.25) is 5.02 Å². The predicted molar refractivity (Wildman–Crippen MR) is 123 cm³/mol. The van der Waals surface area contributed by atoms with Crippen LogP contribution in [-0.2, 0) is 10.0 Å². The van der Waals surface area contributed by atoms with Crippen molar-refractivity contribution in [2.24, 2.45) is 0 Å². The lowest BCUT2D eigenvalue weighted by Gasteiger charge is -2.21. The molecule has 0 radical (unpaired) electrons. The van der Waals surface area contributed by atoms with Crippen LogP contribution in [0, 0.1) is 12.7 Å². The van der Waals surface area contributed by atoms with E-state index in [-0.39, 0.29) is 23.9 Å². The van der Waals surface area contributed by atoms with Crippen LogP contribution in [-0.4, -0.2) is 54.7 Å². The van der Waals surface area contributed by atoms with Gasteiger partial charge < -0.3 is 4.90 Å². The standard InChI is InChI=1S/C22H21ClFN3O3S2/c1-15-20(31-21(25-15)16-4-2-5-17(23)14-16)22(28)26-10-3-11-27(13-12-26)32(29,30)19-8-6-18(24)7-9-19/h2,4-9,14H,3,10-13H2,1H3. The summed E-state index contributed by atoms with van der Waals surface area (Å²) in [5, 5.41) is 1.31. The maximum Gasteiger partial charge on any atom is 0.265 e. The third-order valence-electron chi connectivity index (χ3n) is 5.26. The number of carbonyl (C=O) groups is 1. The molecule has 0 spiro atoms. The molecule has 0 bridgehead atoms.